The lowest BCUT2D eigenvalue weighted by atomic mass is 9.87. The lowest BCUT2D eigenvalue weighted by Crippen LogP contribution is -2.50. The molecule has 2 aliphatic heterocycles. The summed E-state index contributed by atoms with van der Waals surface area (Å²) in [6, 6.07) is 12.6. The number of carbonyl (C=O) groups excluding carboxylic acids is 2. The fourth-order valence-electron chi connectivity index (χ4n) is 4.25. The molecule has 2 aromatic rings. The second-order valence-electron chi connectivity index (χ2n) is 7.67. The Bertz CT molecular complexity index is 943. The zero-order chi connectivity index (χ0) is 21.3. The van der Waals surface area contributed by atoms with E-state index >= 15 is 0 Å². The van der Waals surface area contributed by atoms with Gasteiger partial charge in [-0.2, -0.15) is 0 Å². The van der Waals surface area contributed by atoms with E-state index in [9.17, 15) is 9.59 Å². The summed E-state index contributed by atoms with van der Waals surface area (Å²) < 4.78 is 16.5. The van der Waals surface area contributed by atoms with Gasteiger partial charge in [0.2, 0.25) is 5.91 Å². The number of benzene rings is 2. The molecule has 0 bridgehead atoms. The summed E-state index contributed by atoms with van der Waals surface area (Å²) in [6.07, 6.45) is 0.286. The van der Waals surface area contributed by atoms with Crippen LogP contribution in [0.25, 0.3) is 0 Å². The molecule has 4 rings (SSSR count). The first-order valence-electron chi connectivity index (χ1n) is 10.0. The summed E-state index contributed by atoms with van der Waals surface area (Å²) in [5, 5.41) is 0. The zero-order valence-electron chi connectivity index (χ0n) is 17.5. The van der Waals surface area contributed by atoms with Gasteiger partial charge < -0.3 is 24.0 Å². The van der Waals surface area contributed by atoms with Crippen LogP contribution in [-0.4, -0.2) is 62.6 Å². The molecule has 30 heavy (non-hydrogen) atoms. The van der Waals surface area contributed by atoms with Crippen LogP contribution in [0.5, 0.6) is 17.2 Å². The molecular formula is C23H26N2O5. The molecule has 1 fully saturated rings. The predicted octanol–water partition coefficient (Wildman–Crippen LogP) is 2.76. The Morgan fingerprint density at radius 1 is 1.07 bits per heavy atom. The van der Waals surface area contributed by atoms with Crippen LogP contribution in [0.2, 0.25) is 0 Å². The number of hydrogen-bond acceptors (Lipinski definition) is 5. The third kappa shape index (κ3) is 3.67. The summed E-state index contributed by atoms with van der Waals surface area (Å²) in [4.78, 5) is 29.6. The van der Waals surface area contributed by atoms with Gasteiger partial charge in [0.05, 0.1) is 26.9 Å². The van der Waals surface area contributed by atoms with Crippen molar-refractivity contribution in [2.45, 2.75) is 12.5 Å². The Balaban J connectivity index is 1.75. The molecule has 0 aliphatic carbocycles. The number of rotatable bonds is 3. The molecule has 7 nitrogen and oxygen atoms in total. The van der Waals surface area contributed by atoms with Crippen molar-refractivity contribution in [1.82, 2.24) is 9.80 Å². The summed E-state index contributed by atoms with van der Waals surface area (Å²) in [6.45, 7) is 1.30. The van der Waals surface area contributed by atoms with Crippen LogP contribution < -0.4 is 14.2 Å². The molecule has 7 heteroatoms. The van der Waals surface area contributed by atoms with Crippen LogP contribution in [0, 0.1) is 5.92 Å². The van der Waals surface area contributed by atoms with Crippen LogP contribution in [0.3, 0.4) is 0 Å². The fourth-order valence-corrected chi connectivity index (χ4v) is 4.25. The molecule has 0 spiro atoms. The first-order valence-corrected chi connectivity index (χ1v) is 10.0. The number of fused-ring (bicyclic) bond motifs is 3. The number of hydrogen-bond donors (Lipinski definition) is 0. The van der Waals surface area contributed by atoms with Gasteiger partial charge in [-0.15, -0.1) is 0 Å². The average Bonchev–Trinajstić information content (AvgIpc) is 2.78. The third-order valence-corrected chi connectivity index (χ3v) is 5.87. The lowest BCUT2D eigenvalue weighted by Gasteiger charge is -2.44. The van der Waals surface area contributed by atoms with Crippen LogP contribution in [0.4, 0.5) is 0 Å². The second-order valence-corrected chi connectivity index (χ2v) is 7.67. The van der Waals surface area contributed by atoms with Crippen LogP contribution in [-0.2, 0) is 4.79 Å². The fraction of sp³-hybridized carbons (Fsp3) is 0.391. The highest BCUT2D eigenvalue weighted by atomic mass is 16.5. The maximum atomic E-state index is 13.5. The molecule has 0 N–H and O–H groups in total. The summed E-state index contributed by atoms with van der Waals surface area (Å²) >= 11 is 0. The van der Waals surface area contributed by atoms with E-state index in [0.717, 1.165) is 11.3 Å². The van der Waals surface area contributed by atoms with E-state index in [1.54, 1.807) is 43.4 Å². The monoisotopic (exact) mass is 410 g/mol. The minimum atomic E-state index is -0.190. The van der Waals surface area contributed by atoms with Crippen LogP contribution in [0.15, 0.2) is 42.5 Å². The van der Waals surface area contributed by atoms with Crippen LogP contribution >= 0.6 is 0 Å². The number of carbonyl (C=O) groups is 2. The third-order valence-electron chi connectivity index (χ3n) is 5.87. The summed E-state index contributed by atoms with van der Waals surface area (Å²) in [7, 11) is 5.02. The summed E-state index contributed by atoms with van der Waals surface area (Å²) in [5.74, 6) is 2.02. The minimum Gasteiger partial charge on any atom is -0.497 e. The van der Waals surface area contributed by atoms with Crippen molar-refractivity contribution >= 4 is 11.8 Å². The first-order chi connectivity index (χ1) is 14.5. The summed E-state index contributed by atoms with van der Waals surface area (Å²) in [5.41, 5.74) is 1.51. The molecule has 1 saturated heterocycles. The molecule has 2 atom stereocenters. The van der Waals surface area contributed by atoms with Gasteiger partial charge in [-0.25, -0.2) is 0 Å². The van der Waals surface area contributed by atoms with E-state index in [1.807, 2.05) is 30.1 Å². The number of amides is 2. The smallest absolute Gasteiger partial charge is 0.254 e. The molecule has 2 heterocycles. The highest BCUT2D eigenvalue weighted by molar-refractivity contribution is 5.95. The van der Waals surface area contributed by atoms with E-state index in [-0.39, 0.29) is 30.2 Å². The molecule has 2 aromatic carbocycles. The van der Waals surface area contributed by atoms with Gasteiger partial charge in [-0.1, -0.05) is 0 Å². The van der Waals surface area contributed by atoms with Crippen molar-refractivity contribution in [2.75, 3.05) is 41.0 Å². The first kappa shape index (κ1) is 20.1. The Hall–Kier alpha value is -3.22. The van der Waals surface area contributed by atoms with Crippen molar-refractivity contribution < 1.29 is 23.8 Å². The van der Waals surface area contributed by atoms with E-state index in [1.165, 1.54) is 0 Å². The van der Waals surface area contributed by atoms with Gasteiger partial charge in [-0.3, -0.25) is 9.59 Å². The maximum Gasteiger partial charge on any atom is 0.254 e. The van der Waals surface area contributed by atoms with Gasteiger partial charge in [-0.05, 0) is 36.4 Å². The van der Waals surface area contributed by atoms with Gasteiger partial charge >= 0.3 is 0 Å². The standard InChI is InChI=1S/C23H26N2O5/c1-24-13-16-14-30-20-12-18(29-3)8-9-19(20)22(16)25(11-10-21(24)26)23(27)15-4-6-17(28-2)7-5-15/h4-9,12,16,22H,10-11,13-14H2,1-3H3/t16-,22-/m0/s1. The molecule has 0 saturated carbocycles. The maximum absolute atomic E-state index is 13.5. The van der Waals surface area contributed by atoms with Crippen molar-refractivity contribution in [1.29, 1.82) is 0 Å². The molecule has 0 radical (unpaired) electrons. The predicted molar refractivity (Wildman–Crippen MR) is 111 cm³/mol. The number of nitrogens with zero attached hydrogens (tertiary/aromatic N) is 2. The highest BCUT2D eigenvalue weighted by Crippen LogP contribution is 2.42. The highest BCUT2D eigenvalue weighted by Gasteiger charge is 2.40. The Labute approximate surface area is 176 Å². The molecule has 2 amide bonds. The number of methoxy groups -OCH3 is 2. The van der Waals surface area contributed by atoms with Gasteiger partial charge in [0.15, 0.2) is 0 Å². The molecule has 0 unspecified atom stereocenters. The van der Waals surface area contributed by atoms with Crippen molar-refractivity contribution in [3.05, 3.63) is 53.6 Å². The van der Waals surface area contributed by atoms with Crippen molar-refractivity contribution in [3.8, 4) is 17.2 Å². The molecule has 158 valence electrons. The van der Waals surface area contributed by atoms with Crippen molar-refractivity contribution in [2.24, 2.45) is 5.92 Å². The Morgan fingerprint density at radius 2 is 1.77 bits per heavy atom. The number of ether oxygens (including phenoxy) is 3. The molecule has 2 aliphatic rings. The largest absolute Gasteiger partial charge is 0.497 e. The average molecular weight is 410 g/mol. The van der Waals surface area contributed by atoms with Gasteiger partial charge in [0.25, 0.3) is 5.91 Å². The normalized spacial score (nSPS) is 21.0. The van der Waals surface area contributed by atoms with Crippen LogP contribution in [0.1, 0.15) is 28.4 Å². The Morgan fingerprint density at radius 3 is 2.47 bits per heavy atom. The second kappa shape index (κ2) is 8.26. The molecule has 0 aromatic heterocycles. The van der Waals surface area contributed by atoms with E-state index in [0.29, 0.717) is 36.8 Å². The SMILES string of the molecule is COc1ccc(C(=O)N2CCC(=O)N(C)C[C@H]3COc4cc(OC)ccc4[C@H]32)cc1. The topological polar surface area (TPSA) is 68.3 Å². The zero-order valence-corrected chi connectivity index (χ0v) is 17.5. The quantitative estimate of drug-likeness (QED) is 0.778. The van der Waals surface area contributed by atoms with Gasteiger partial charge in [0.1, 0.15) is 17.2 Å². The Kier molecular flexibility index (Phi) is 5.53. The molecular weight excluding hydrogens is 384 g/mol. The van der Waals surface area contributed by atoms with Gasteiger partial charge in [0, 0.05) is 49.7 Å². The van der Waals surface area contributed by atoms with E-state index < -0.39 is 0 Å². The van der Waals surface area contributed by atoms with Crippen molar-refractivity contribution in [3.63, 3.8) is 0 Å². The minimum absolute atomic E-state index is 0.0256. The van der Waals surface area contributed by atoms with E-state index in [4.69, 9.17) is 14.2 Å². The lowest BCUT2D eigenvalue weighted by molar-refractivity contribution is -0.132. The van der Waals surface area contributed by atoms with E-state index in [2.05, 4.69) is 0 Å².